The summed E-state index contributed by atoms with van der Waals surface area (Å²) in [6.07, 6.45) is -0.143. The summed E-state index contributed by atoms with van der Waals surface area (Å²) in [4.78, 5) is 25.8. The second-order valence-electron chi connectivity index (χ2n) is 8.37. The van der Waals surface area contributed by atoms with Gasteiger partial charge in [-0.2, -0.15) is 8.78 Å². The fourth-order valence-corrected chi connectivity index (χ4v) is 3.55. The predicted octanol–water partition coefficient (Wildman–Crippen LogP) is 5.27. The molecule has 33 heavy (non-hydrogen) atoms. The highest BCUT2D eigenvalue weighted by atomic mass is 19.3. The van der Waals surface area contributed by atoms with Crippen molar-refractivity contribution in [2.45, 2.75) is 46.3 Å². The van der Waals surface area contributed by atoms with Gasteiger partial charge in [-0.05, 0) is 63.6 Å². The Morgan fingerprint density at radius 2 is 1.73 bits per heavy atom. The van der Waals surface area contributed by atoms with Gasteiger partial charge in [0, 0.05) is 22.7 Å². The molecule has 0 saturated heterocycles. The van der Waals surface area contributed by atoms with Crippen LogP contribution in [0.3, 0.4) is 0 Å². The summed E-state index contributed by atoms with van der Waals surface area (Å²) in [5, 5.41) is 0.461. The Bertz CT molecular complexity index is 1190. The molecule has 3 rings (SSSR count). The molecule has 0 atom stereocenters. The van der Waals surface area contributed by atoms with Crippen LogP contribution in [0.15, 0.2) is 36.4 Å². The van der Waals surface area contributed by atoms with E-state index in [1.165, 1.54) is 42.0 Å². The fourth-order valence-electron chi connectivity index (χ4n) is 3.55. The Morgan fingerprint density at radius 1 is 1.09 bits per heavy atom. The standard InChI is InChI=1S/C24H24F3NO5/c1-13-16(11-21(29)33-24(2,3)4)17-10-20(31-5)18(25)12-19(17)28(13)22(30)14-6-8-15(9-7-14)32-23(26)27/h6-10,12,23H,11H2,1-5H3. The van der Waals surface area contributed by atoms with Crippen molar-refractivity contribution in [1.82, 2.24) is 4.57 Å². The molecule has 0 aliphatic rings. The molecule has 6 nitrogen and oxygen atoms in total. The van der Waals surface area contributed by atoms with E-state index in [2.05, 4.69) is 4.74 Å². The van der Waals surface area contributed by atoms with Crippen LogP contribution < -0.4 is 9.47 Å². The van der Waals surface area contributed by atoms with Crippen molar-refractivity contribution in [3.63, 3.8) is 0 Å². The molecule has 0 fully saturated rings. The quantitative estimate of drug-likeness (QED) is 0.466. The van der Waals surface area contributed by atoms with E-state index in [1.807, 2.05) is 0 Å². The number of alkyl halides is 2. The van der Waals surface area contributed by atoms with E-state index in [1.54, 1.807) is 27.7 Å². The first-order valence-electron chi connectivity index (χ1n) is 10.1. The van der Waals surface area contributed by atoms with Gasteiger partial charge in [-0.1, -0.05) is 0 Å². The summed E-state index contributed by atoms with van der Waals surface area (Å²) >= 11 is 0. The van der Waals surface area contributed by atoms with Gasteiger partial charge < -0.3 is 14.2 Å². The first-order chi connectivity index (χ1) is 15.4. The topological polar surface area (TPSA) is 66.8 Å². The zero-order valence-electron chi connectivity index (χ0n) is 18.9. The molecule has 0 aliphatic heterocycles. The Balaban J connectivity index is 2.11. The lowest BCUT2D eigenvalue weighted by Crippen LogP contribution is -2.25. The number of fused-ring (bicyclic) bond motifs is 1. The van der Waals surface area contributed by atoms with Crippen LogP contribution in [0.5, 0.6) is 11.5 Å². The van der Waals surface area contributed by atoms with Crippen LogP contribution in [0.2, 0.25) is 0 Å². The lowest BCUT2D eigenvalue weighted by atomic mass is 10.1. The second kappa shape index (κ2) is 9.17. The number of benzene rings is 2. The number of aromatic nitrogens is 1. The van der Waals surface area contributed by atoms with Crippen LogP contribution in [-0.2, 0) is 16.0 Å². The van der Waals surface area contributed by atoms with Gasteiger partial charge in [0.25, 0.3) is 5.91 Å². The maximum Gasteiger partial charge on any atom is 0.387 e. The van der Waals surface area contributed by atoms with E-state index in [-0.39, 0.29) is 29.0 Å². The zero-order chi connectivity index (χ0) is 24.5. The molecular weight excluding hydrogens is 439 g/mol. The molecule has 0 spiro atoms. The summed E-state index contributed by atoms with van der Waals surface area (Å²) in [6.45, 7) is 3.87. The van der Waals surface area contributed by atoms with Crippen LogP contribution in [-0.4, -0.2) is 35.8 Å². The Labute approximate surface area is 188 Å². The van der Waals surface area contributed by atoms with Gasteiger partial charge in [-0.3, -0.25) is 14.2 Å². The molecular formula is C24H24F3NO5. The lowest BCUT2D eigenvalue weighted by molar-refractivity contribution is -0.153. The van der Waals surface area contributed by atoms with Gasteiger partial charge >= 0.3 is 12.6 Å². The van der Waals surface area contributed by atoms with Crippen molar-refractivity contribution in [1.29, 1.82) is 0 Å². The number of halogens is 3. The fraction of sp³-hybridized carbons (Fsp3) is 0.333. The second-order valence-corrected chi connectivity index (χ2v) is 8.37. The Morgan fingerprint density at radius 3 is 2.27 bits per heavy atom. The summed E-state index contributed by atoms with van der Waals surface area (Å²) in [7, 11) is 1.32. The minimum Gasteiger partial charge on any atom is -0.494 e. The van der Waals surface area contributed by atoms with Crippen molar-refractivity contribution in [2.75, 3.05) is 7.11 Å². The third-order valence-electron chi connectivity index (χ3n) is 4.88. The summed E-state index contributed by atoms with van der Waals surface area (Å²) < 4.78 is 55.4. The van der Waals surface area contributed by atoms with Crippen LogP contribution in [0.25, 0.3) is 10.9 Å². The van der Waals surface area contributed by atoms with E-state index >= 15 is 0 Å². The van der Waals surface area contributed by atoms with Crippen molar-refractivity contribution in [3.8, 4) is 11.5 Å². The highest BCUT2D eigenvalue weighted by molar-refractivity contribution is 6.05. The summed E-state index contributed by atoms with van der Waals surface area (Å²) in [5.74, 6) is -1.85. The van der Waals surface area contributed by atoms with E-state index in [9.17, 15) is 22.8 Å². The number of carbonyl (C=O) groups excluding carboxylic acids is 2. The molecule has 9 heteroatoms. The maximum absolute atomic E-state index is 14.5. The summed E-state index contributed by atoms with van der Waals surface area (Å²) in [6, 6.07) is 7.74. The van der Waals surface area contributed by atoms with Crippen LogP contribution in [0.1, 0.15) is 42.4 Å². The first kappa shape index (κ1) is 24.2. The highest BCUT2D eigenvalue weighted by Crippen LogP contribution is 2.33. The molecule has 0 saturated carbocycles. The van der Waals surface area contributed by atoms with Gasteiger partial charge in [0.05, 0.1) is 19.0 Å². The number of hydrogen-bond acceptors (Lipinski definition) is 5. The number of esters is 1. The van der Waals surface area contributed by atoms with Gasteiger partial charge in [0.1, 0.15) is 11.4 Å². The van der Waals surface area contributed by atoms with Gasteiger partial charge in [-0.15, -0.1) is 0 Å². The van der Waals surface area contributed by atoms with E-state index in [0.717, 1.165) is 6.07 Å². The smallest absolute Gasteiger partial charge is 0.387 e. The van der Waals surface area contributed by atoms with Gasteiger partial charge in [-0.25, -0.2) is 4.39 Å². The van der Waals surface area contributed by atoms with Crippen molar-refractivity contribution in [3.05, 3.63) is 59.0 Å². The lowest BCUT2D eigenvalue weighted by Gasteiger charge is -2.19. The van der Waals surface area contributed by atoms with Crippen molar-refractivity contribution >= 4 is 22.8 Å². The molecule has 0 amide bonds. The van der Waals surface area contributed by atoms with Gasteiger partial charge in [0.15, 0.2) is 11.6 Å². The average molecular weight is 463 g/mol. The molecule has 1 aromatic heterocycles. The molecule has 3 aromatic rings. The van der Waals surface area contributed by atoms with Crippen molar-refractivity contribution in [2.24, 2.45) is 0 Å². The van der Waals surface area contributed by atoms with E-state index in [4.69, 9.17) is 9.47 Å². The normalized spacial score (nSPS) is 11.7. The van der Waals surface area contributed by atoms with Crippen molar-refractivity contribution < 1.29 is 37.0 Å². The highest BCUT2D eigenvalue weighted by Gasteiger charge is 2.25. The third-order valence-corrected chi connectivity index (χ3v) is 4.88. The molecule has 1 heterocycles. The number of ether oxygens (including phenoxy) is 3. The van der Waals surface area contributed by atoms with Crippen LogP contribution >= 0.6 is 0 Å². The molecule has 0 unspecified atom stereocenters. The Hall–Kier alpha value is -3.49. The number of rotatable bonds is 6. The van der Waals surface area contributed by atoms with E-state index < -0.39 is 29.9 Å². The number of nitrogens with zero attached hydrogens (tertiary/aromatic N) is 1. The van der Waals surface area contributed by atoms with Crippen LogP contribution in [0.4, 0.5) is 13.2 Å². The molecule has 2 aromatic carbocycles. The zero-order valence-corrected chi connectivity index (χ0v) is 18.9. The van der Waals surface area contributed by atoms with E-state index in [0.29, 0.717) is 16.6 Å². The first-order valence-corrected chi connectivity index (χ1v) is 10.1. The molecule has 176 valence electrons. The predicted molar refractivity (Wildman–Crippen MR) is 116 cm³/mol. The number of methoxy groups -OCH3 is 1. The minimum atomic E-state index is -2.99. The summed E-state index contributed by atoms with van der Waals surface area (Å²) in [5.41, 5.74) is 0.606. The molecule has 0 aliphatic carbocycles. The third kappa shape index (κ3) is 5.30. The number of hydrogen-bond donors (Lipinski definition) is 0. The Kier molecular flexibility index (Phi) is 6.71. The molecule has 0 N–H and O–H groups in total. The van der Waals surface area contributed by atoms with Gasteiger partial charge in [0.2, 0.25) is 0 Å². The number of carbonyl (C=O) groups is 2. The largest absolute Gasteiger partial charge is 0.494 e. The monoisotopic (exact) mass is 463 g/mol. The SMILES string of the molecule is COc1cc2c(CC(=O)OC(C)(C)C)c(C)n(C(=O)c3ccc(OC(F)F)cc3)c2cc1F. The molecule has 0 bridgehead atoms. The van der Waals surface area contributed by atoms with Crippen LogP contribution in [0, 0.1) is 12.7 Å². The average Bonchev–Trinajstić information content (AvgIpc) is 2.96. The maximum atomic E-state index is 14.5. The minimum absolute atomic E-state index is 0.0361. The molecule has 0 radical (unpaired) electrons.